The van der Waals surface area contributed by atoms with Crippen molar-refractivity contribution in [2.45, 2.75) is 39.5 Å². The maximum atomic E-state index is 14.0. The highest BCUT2D eigenvalue weighted by atomic mass is 19.3. The molecule has 42 heavy (non-hydrogen) atoms. The predicted molar refractivity (Wildman–Crippen MR) is 169 cm³/mol. The van der Waals surface area contributed by atoms with Gasteiger partial charge in [0.15, 0.2) is 0 Å². The SMILES string of the molecule is C=C/C=C(/c1cccc(F)c1)c1nc(CC(=C/C(=C)C(/C=C(\C=C)CN2CCC(F)(F)C2)=C/C)/C(=C\C)NC)[nH]c1C. The van der Waals surface area contributed by atoms with Crippen LogP contribution in [0.1, 0.15) is 43.0 Å². The number of imidazole rings is 1. The average molecular weight is 575 g/mol. The monoisotopic (exact) mass is 574 g/mol. The molecule has 1 aromatic heterocycles. The lowest BCUT2D eigenvalue weighted by Crippen LogP contribution is -2.26. The first-order valence-electron chi connectivity index (χ1n) is 14.0. The summed E-state index contributed by atoms with van der Waals surface area (Å²) < 4.78 is 41.5. The van der Waals surface area contributed by atoms with Gasteiger partial charge in [-0.3, -0.25) is 4.90 Å². The number of rotatable bonds is 13. The molecule has 1 saturated heterocycles. The molecule has 0 radical (unpaired) electrons. The molecule has 2 aromatic rings. The minimum Gasteiger partial charge on any atom is -0.388 e. The van der Waals surface area contributed by atoms with E-state index < -0.39 is 5.92 Å². The number of halogens is 3. The molecule has 0 bridgehead atoms. The molecule has 222 valence electrons. The maximum Gasteiger partial charge on any atom is 0.261 e. The first-order valence-corrected chi connectivity index (χ1v) is 14.0. The van der Waals surface area contributed by atoms with Gasteiger partial charge in [-0.2, -0.15) is 0 Å². The van der Waals surface area contributed by atoms with E-state index in [1.54, 1.807) is 23.1 Å². The molecule has 0 amide bonds. The molecule has 2 heterocycles. The van der Waals surface area contributed by atoms with Crippen molar-refractivity contribution in [2.24, 2.45) is 0 Å². The van der Waals surface area contributed by atoms with E-state index in [9.17, 15) is 13.2 Å². The van der Waals surface area contributed by atoms with Crippen molar-refractivity contribution in [1.82, 2.24) is 20.2 Å². The zero-order chi connectivity index (χ0) is 30.9. The predicted octanol–water partition coefficient (Wildman–Crippen LogP) is 8.02. The Bertz CT molecular complexity index is 1470. The normalized spacial score (nSPS) is 17.0. The van der Waals surface area contributed by atoms with Gasteiger partial charge in [0.1, 0.15) is 11.6 Å². The van der Waals surface area contributed by atoms with Gasteiger partial charge in [-0.05, 0) is 66.8 Å². The largest absolute Gasteiger partial charge is 0.388 e. The quantitative estimate of drug-likeness (QED) is 0.238. The summed E-state index contributed by atoms with van der Waals surface area (Å²) in [5, 5.41) is 3.25. The second-order valence-corrected chi connectivity index (χ2v) is 10.3. The summed E-state index contributed by atoms with van der Waals surface area (Å²) in [6.45, 7) is 18.4. The molecule has 0 atom stereocenters. The Labute approximate surface area is 248 Å². The zero-order valence-electron chi connectivity index (χ0n) is 25.0. The summed E-state index contributed by atoms with van der Waals surface area (Å²) in [5.74, 6) is -2.23. The van der Waals surface area contributed by atoms with Crippen LogP contribution < -0.4 is 5.32 Å². The highest BCUT2D eigenvalue weighted by molar-refractivity contribution is 5.80. The Morgan fingerprint density at radius 3 is 2.52 bits per heavy atom. The summed E-state index contributed by atoms with van der Waals surface area (Å²) in [6.07, 6.45) is 13.5. The fourth-order valence-electron chi connectivity index (χ4n) is 5.07. The molecule has 7 heteroatoms. The van der Waals surface area contributed by atoms with Crippen LogP contribution in [0.4, 0.5) is 13.2 Å². The molecule has 0 aliphatic carbocycles. The molecular weight excluding hydrogens is 533 g/mol. The molecular formula is C35H41F3N4. The van der Waals surface area contributed by atoms with Crippen molar-refractivity contribution in [3.8, 4) is 0 Å². The Balaban J connectivity index is 1.92. The molecule has 2 N–H and O–H groups in total. The third-order valence-electron chi connectivity index (χ3n) is 7.16. The van der Waals surface area contributed by atoms with Crippen molar-refractivity contribution < 1.29 is 13.2 Å². The van der Waals surface area contributed by atoms with Crippen molar-refractivity contribution in [3.63, 3.8) is 0 Å². The van der Waals surface area contributed by atoms with E-state index in [4.69, 9.17) is 4.98 Å². The van der Waals surface area contributed by atoms with E-state index in [0.717, 1.165) is 50.8 Å². The summed E-state index contributed by atoms with van der Waals surface area (Å²) in [6, 6.07) is 6.42. The fraction of sp³-hybridized carbons (Fsp3) is 0.286. The standard InChI is InChI=1S/C35H41F3N4/c1-8-13-31(28-14-12-15-30(36)20-28)34-25(6)40-33(41-34)21-29(32(11-4)39-7)18-24(5)27(10-3)19-26(9-2)22-42-17-16-35(37,38)23-42/h8-15,18-20,39H,1-2,5,16-17,21-23H2,3-4,6-7H3,(H,40,41)/b26-19+,27-10+,29-18-,31-13-,32-11+. The molecule has 4 nitrogen and oxygen atoms in total. The lowest BCUT2D eigenvalue weighted by molar-refractivity contribution is 0.0131. The highest BCUT2D eigenvalue weighted by Crippen LogP contribution is 2.29. The van der Waals surface area contributed by atoms with E-state index >= 15 is 0 Å². The molecule has 1 aromatic carbocycles. The van der Waals surface area contributed by atoms with E-state index in [2.05, 4.69) is 30.0 Å². The van der Waals surface area contributed by atoms with Crippen LogP contribution in [0.3, 0.4) is 0 Å². The van der Waals surface area contributed by atoms with Gasteiger partial charge >= 0.3 is 0 Å². The second-order valence-electron chi connectivity index (χ2n) is 10.3. The number of hydrogen-bond acceptors (Lipinski definition) is 3. The Morgan fingerprint density at radius 2 is 1.95 bits per heavy atom. The van der Waals surface area contributed by atoms with Gasteiger partial charge < -0.3 is 10.3 Å². The van der Waals surface area contributed by atoms with Crippen molar-refractivity contribution >= 4 is 5.57 Å². The van der Waals surface area contributed by atoms with Gasteiger partial charge in [0.25, 0.3) is 5.92 Å². The van der Waals surface area contributed by atoms with Gasteiger partial charge in [-0.25, -0.2) is 18.2 Å². The third kappa shape index (κ3) is 8.46. The van der Waals surface area contributed by atoms with E-state index in [-0.39, 0.29) is 18.8 Å². The summed E-state index contributed by atoms with van der Waals surface area (Å²) in [7, 11) is 1.86. The number of allylic oxidation sites excluding steroid dienone is 9. The van der Waals surface area contributed by atoms with Crippen molar-refractivity contribution in [3.05, 3.63) is 143 Å². The highest BCUT2D eigenvalue weighted by Gasteiger charge is 2.37. The van der Waals surface area contributed by atoms with Crippen LogP contribution in [0, 0.1) is 12.7 Å². The lowest BCUT2D eigenvalue weighted by atomic mass is 9.98. The number of H-pyrrole nitrogens is 1. The number of hydrogen-bond donors (Lipinski definition) is 2. The third-order valence-corrected chi connectivity index (χ3v) is 7.16. The smallest absolute Gasteiger partial charge is 0.261 e. The molecule has 1 fully saturated rings. The van der Waals surface area contributed by atoms with Crippen molar-refractivity contribution in [1.29, 1.82) is 0 Å². The number of aromatic amines is 1. The fourth-order valence-corrected chi connectivity index (χ4v) is 5.07. The number of aryl methyl sites for hydroxylation is 1. The number of nitrogens with zero attached hydrogens (tertiary/aromatic N) is 2. The number of aromatic nitrogens is 2. The Hall–Kier alpha value is -4.10. The topological polar surface area (TPSA) is 44.0 Å². The number of likely N-dealkylation sites (tertiary alicyclic amines) is 1. The van der Waals surface area contributed by atoms with E-state index in [1.165, 1.54) is 12.1 Å². The molecule has 0 spiro atoms. The molecule has 1 aliphatic heterocycles. The maximum absolute atomic E-state index is 14.0. The van der Waals surface area contributed by atoms with Gasteiger partial charge in [-0.15, -0.1) is 0 Å². The summed E-state index contributed by atoms with van der Waals surface area (Å²) in [4.78, 5) is 10.0. The minimum absolute atomic E-state index is 0.121. The van der Waals surface area contributed by atoms with Crippen LogP contribution in [0.2, 0.25) is 0 Å². The summed E-state index contributed by atoms with van der Waals surface area (Å²) in [5.41, 5.74) is 7.42. The molecule has 1 aliphatic rings. The van der Waals surface area contributed by atoms with E-state index in [1.807, 2.05) is 64.3 Å². The van der Waals surface area contributed by atoms with Gasteiger partial charge in [0.2, 0.25) is 0 Å². The van der Waals surface area contributed by atoms with Gasteiger partial charge in [0.05, 0.1) is 12.2 Å². The van der Waals surface area contributed by atoms with Crippen LogP contribution in [0.5, 0.6) is 0 Å². The van der Waals surface area contributed by atoms with Crippen LogP contribution in [0.15, 0.2) is 115 Å². The minimum atomic E-state index is -2.64. The number of alkyl halides is 2. The Morgan fingerprint density at radius 1 is 1.19 bits per heavy atom. The first-order chi connectivity index (χ1) is 20.0. The van der Waals surface area contributed by atoms with E-state index in [0.29, 0.717) is 25.1 Å². The number of likely N-dealkylation sites (N-methyl/N-ethyl adjacent to an activating group) is 1. The second kappa shape index (κ2) is 14.7. The molecule has 0 saturated carbocycles. The first kappa shape index (κ1) is 32.4. The van der Waals surface area contributed by atoms with Gasteiger partial charge in [0, 0.05) is 49.9 Å². The van der Waals surface area contributed by atoms with Crippen molar-refractivity contribution in [2.75, 3.05) is 26.7 Å². The summed E-state index contributed by atoms with van der Waals surface area (Å²) >= 11 is 0. The van der Waals surface area contributed by atoms with Crippen LogP contribution in [0.25, 0.3) is 5.57 Å². The van der Waals surface area contributed by atoms with Gasteiger partial charge in [-0.1, -0.05) is 68.3 Å². The molecule has 3 rings (SSSR count). The molecule has 0 unspecified atom stereocenters. The lowest BCUT2D eigenvalue weighted by Gasteiger charge is -2.17. The number of nitrogens with one attached hydrogen (secondary N) is 2. The average Bonchev–Trinajstić information content (AvgIpc) is 3.49. The zero-order valence-corrected chi connectivity index (χ0v) is 25.0. The van der Waals surface area contributed by atoms with Crippen LogP contribution in [-0.4, -0.2) is 47.5 Å². The number of benzene rings is 1. The Kier molecular flexibility index (Phi) is 11.3. The van der Waals surface area contributed by atoms with Crippen LogP contribution >= 0.6 is 0 Å². The van der Waals surface area contributed by atoms with Crippen LogP contribution in [-0.2, 0) is 6.42 Å².